The van der Waals surface area contributed by atoms with E-state index in [1.807, 2.05) is 0 Å². The fraction of sp³-hybridized carbons (Fsp3) is 0.400. The molecule has 5 unspecified atom stereocenters. The zero-order chi connectivity index (χ0) is 58.0. The van der Waals surface area contributed by atoms with Gasteiger partial charge in [0.25, 0.3) is 5.89 Å². The van der Waals surface area contributed by atoms with Gasteiger partial charge < -0.3 is 28.5 Å². The van der Waals surface area contributed by atoms with Crippen LogP contribution in [0.1, 0.15) is 113 Å². The number of carbonyl (C=O) groups is 3. The number of aryl methyl sites for hydroxylation is 1. The average molecular weight is 1140 g/mol. The second kappa shape index (κ2) is 21.7. The highest BCUT2D eigenvalue weighted by Gasteiger charge is 2.51. The summed E-state index contributed by atoms with van der Waals surface area (Å²) < 4.78 is 211. The first-order valence-corrected chi connectivity index (χ1v) is 24.8. The summed E-state index contributed by atoms with van der Waals surface area (Å²) >= 11 is 0. The fourth-order valence-corrected chi connectivity index (χ4v) is 11.0. The SMILES string of the molecule is C[C@@H](OC1CN2C(=O)C=C(C3COC(=O)C3)CC2[C@@H]1c1ccc(F)cc1)c1cc(C(F)(F)F)cc(C(F)(F)F)c1.Cc1noc(C2=CC(=O)N3CC(O[C@H](C)c4cc(C(F)(F)F)cc(C(F)(F)F)c4)[C@@H](c4ccc(F)cc4)C3C2)n1. The van der Waals surface area contributed by atoms with E-state index in [1.165, 1.54) is 79.4 Å². The monoisotopic (exact) mass is 1140 g/mol. The van der Waals surface area contributed by atoms with Gasteiger partial charge >= 0.3 is 30.7 Å². The number of rotatable bonds is 10. The standard InChI is InChI=1S/C28H24F7NO4.C27H22F7N3O3/c1-14(16-6-19(27(30,31)32)11-20(7-16)28(33,34)35)40-23-12-36-22(26(23)15-2-4-21(29)5-3-15)8-17(9-24(36)37)18-10-25(38)39-13-18;1-13(16-7-18(26(29,30)31)11-19(8-16)27(32,33)34)39-22-12-37-21(24(22)15-3-5-20(28)6-4-15)9-17(10-23(37)38)25-35-14(2)36-40-25/h2-7,9,11,14,18,22-23,26H,8,10,12-13H2,1H3;3-8,10-11,13,21-22,24H,9,12H2,1-2H3/t14-,18?,22?,23?,26+;13-,21?,22?,24+/m11/s1. The van der Waals surface area contributed by atoms with Crippen LogP contribution in [-0.2, 0) is 53.3 Å². The van der Waals surface area contributed by atoms with Crippen LogP contribution in [-0.4, -0.2) is 81.7 Å². The number of cyclic esters (lactones) is 1. The molecule has 25 heteroatoms. The Morgan fingerprint density at radius 3 is 1.36 bits per heavy atom. The Kier molecular flexibility index (Phi) is 15.6. The van der Waals surface area contributed by atoms with Crippen molar-refractivity contribution >= 4 is 23.4 Å². The topological polar surface area (TPSA) is 124 Å². The van der Waals surface area contributed by atoms with Crippen molar-refractivity contribution in [2.45, 2.75) is 113 Å². The lowest BCUT2D eigenvalue weighted by Gasteiger charge is -2.34. The lowest BCUT2D eigenvalue weighted by molar-refractivity contribution is -0.145. The van der Waals surface area contributed by atoms with E-state index in [9.17, 15) is 75.8 Å². The highest BCUT2D eigenvalue weighted by Crippen LogP contribution is 2.48. The predicted octanol–water partition coefficient (Wildman–Crippen LogP) is 12.7. The molecule has 0 saturated carbocycles. The van der Waals surface area contributed by atoms with Gasteiger partial charge in [0, 0.05) is 60.7 Å². The van der Waals surface area contributed by atoms with Crippen molar-refractivity contribution in [2.75, 3.05) is 19.7 Å². The summed E-state index contributed by atoms with van der Waals surface area (Å²) in [6.07, 6.45) is -20.6. The summed E-state index contributed by atoms with van der Waals surface area (Å²) in [6.45, 7) is 4.48. The molecular weight excluding hydrogens is 1090 g/mol. The Labute approximate surface area is 446 Å². The number of hydrogen-bond acceptors (Lipinski definition) is 9. The van der Waals surface area contributed by atoms with Gasteiger partial charge in [0.1, 0.15) is 11.6 Å². The summed E-state index contributed by atoms with van der Waals surface area (Å²) in [4.78, 5) is 45.1. The van der Waals surface area contributed by atoms with Crippen LogP contribution < -0.4 is 0 Å². The van der Waals surface area contributed by atoms with E-state index in [-0.39, 0.29) is 79.5 Å². The number of carbonyl (C=O) groups excluding carboxylic acids is 3. The van der Waals surface area contributed by atoms with Gasteiger partial charge in [-0.2, -0.15) is 57.7 Å². The number of ether oxygens (including phenoxy) is 3. The van der Waals surface area contributed by atoms with Gasteiger partial charge in [-0.3, -0.25) is 14.4 Å². The molecule has 0 radical (unpaired) electrons. The third-order valence-electron chi connectivity index (χ3n) is 14.8. The van der Waals surface area contributed by atoms with Gasteiger partial charge in [-0.1, -0.05) is 35.0 Å². The fourth-order valence-electron chi connectivity index (χ4n) is 11.0. The van der Waals surface area contributed by atoms with Crippen molar-refractivity contribution in [2.24, 2.45) is 5.92 Å². The molecule has 0 aliphatic carbocycles. The number of nitrogens with zero attached hydrogens (tertiary/aromatic N) is 4. The van der Waals surface area contributed by atoms with E-state index in [4.69, 9.17) is 18.7 Å². The number of hydrogen-bond donors (Lipinski definition) is 0. The molecular formula is C55H46F14N4O7. The van der Waals surface area contributed by atoms with Gasteiger partial charge in [-0.15, -0.1) is 0 Å². The number of fused-ring (bicyclic) bond motifs is 2. The van der Waals surface area contributed by atoms with Crippen molar-refractivity contribution in [1.82, 2.24) is 19.9 Å². The number of benzene rings is 4. The zero-order valence-electron chi connectivity index (χ0n) is 42.1. The van der Waals surface area contributed by atoms with Crippen molar-refractivity contribution in [3.05, 3.63) is 171 Å². The lowest BCUT2D eigenvalue weighted by Crippen LogP contribution is -2.40. The molecule has 6 heterocycles. The maximum Gasteiger partial charge on any atom is 0.416 e. The van der Waals surface area contributed by atoms with Gasteiger partial charge in [0.05, 0.1) is 59.7 Å². The van der Waals surface area contributed by atoms with Crippen LogP contribution >= 0.6 is 0 Å². The summed E-state index contributed by atoms with van der Waals surface area (Å²) in [5.74, 6) is -3.06. The summed E-state index contributed by atoms with van der Waals surface area (Å²) in [5.41, 5.74) is -4.09. The molecule has 80 heavy (non-hydrogen) atoms. The molecule has 9 atom stereocenters. The van der Waals surface area contributed by atoms with Crippen LogP contribution in [0, 0.1) is 24.5 Å². The van der Waals surface area contributed by atoms with Crippen molar-refractivity contribution in [1.29, 1.82) is 0 Å². The van der Waals surface area contributed by atoms with Crippen molar-refractivity contribution in [3.63, 3.8) is 0 Å². The Bertz CT molecular complexity index is 3140. The van der Waals surface area contributed by atoms with Crippen molar-refractivity contribution < 1.29 is 94.6 Å². The van der Waals surface area contributed by atoms with E-state index in [0.29, 0.717) is 58.8 Å². The molecule has 0 spiro atoms. The molecule has 0 N–H and O–H groups in total. The highest BCUT2D eigenvalue weighted by atomic mass is 19.4. The third kappa shape index (κ3) is 12.4. The zero-order valence-corrected chi connectivity index (χ0v) is 42.1. The number of alkyl halides is 12. The van der Waals surface area contributed by atoms with Crippen LogP contribution in [0.3, 0.4) is 0 Å². The smallest absolute Gasteiger partial charge is 0.416 e. The van der Waals surface area contributed by atoms with Crippen LogP contribution in [0.4, 0.5) is 61.5 Å². The largest absolute Gasteiger partial charge is 0.465 e. The minimum absolute atomic E-state index is 0.00755. The second-order valence-corrected chi connectivity index (χ2v) is 20.1. The molecule has 3 saturated heterocycles. The average Bonchev–Trinajstić information content (AvgIpc) is 4.38. The first-order valence-electron chi connectivity index (χ1n) is 24.8. The molecule has 3 fully saturated rings. The van der Waals surface area contributed by atoms with Gasteiger partial charge in [0.15, 0.2) is 5.82 Å². The minimum atomic E-state index is -5.01. The summed E-state index contributed by atoms with van der Waals surface area (Å²) in [7, 11) is 0. The minimum Gasteiger partial charge on any atom is -0.465 e. The molecule has 1 aromatic heterocycles. The first kappa shape index (κ1) is 57.5. The maximum absolute atomic E-state index is 13.7. The third-order valence-corrected chi connectivity index (χ3v) is 14.8. The van der Waals surface area contributed by atoms with Gasteiger partial charge in [0.2, 0.25) is 11.8 Å². The lowest BCUT2D eigenvalue weighted by atomic mass is 9.81. The number of halogens is 14. The second-order valence-electron chi connectivity index (χ2n) is 20.1. The van der Waals surface area contributed by atoms with Gasteiger partial charge in [-0.05, 0) is 117 Å². The van der Waals surface area contributed by atoms with Crippen LogP contribution in [0.15, 0.2) is 107 Å². The maximum atomic E-state index is 13.7. The number of aromatic nitrogens is 2. The highest BCUT2D eigenvalue weighted by molar-refractivity contribution is 5.97. The Morgan fingerprint density at radius 2 is 0.988 bits per heavy atom. The molecule has 2 amide bonds. The molecule has 10 rings (SSSR count). The predicted molar refractivity (Wildman–Crippen MR) is 252 cm³/mol. The molecule has 5 aromatic rings. The molecule has 4 aromatic carbocycles. The quantitative estimate of drug-likeness (QED) is 0.0993. The normalized spacial score (nSPS) is 24.2. The Balaban J connectivity index is 0.000000194. The van der Waals surface area contributed by atoms with Crippen molar-refractivity contribution in [3.8, 4) is 0 Å². The molecule has 11 nitrogen and oxygen atoms in total. The molecule has 5 aliphatic rings. The first-order chi connectivity index (χ1) is 37.4. The van der Waals surface area contributed by atoms with Gasteiger partial charge in [-0.25, -0.2) is 8.78 Å². The molecule has 426 valence electrons. The van der Waals surface area contributed by atoms with Crippen LogP contribution in [0.5, 0.6) is 0 Å². The van der Waals surface area contributed by atoms with Crippen LogP contribution in [0.2, 0.25) is 0 Å². The Hall–Kier alpha value is -7.15. The van der Waals surface area contributed by atoms with E-state index in [2.05, 4.69) is 10.1 Å². The van der Waals surface area contributed by atoms with E-state index in [1.54, 1.807) is 11.8 Å². The number of amides is 2. The van der Waals surface area contributed by atoms with E-state index >= 15 is 0 Å². The van der Waals surface area contributed by atoms with E-state index < -0.39 is 113 Å². The molecule has 5 aliphatic heterocycles. The molecule has 0 bridgehead atoms. The number of esters is 1. The Morgan fingerprint density at radius 1 is 0.575 bits per heavy atom. The summed E-state index contributed by atoms with van der Waals surface area (Å²) in [5, 5.41) is 3.75. The summed E-state index contributed by atoms with van der Waals surface area (Å²) in [6, 6.07) is 12.5. The van der Waals surface area contributed by atoms with Crippen LogP contribution in [0.25, 0.3) is 5.57 Å². The van der Waals surface area contributed by atoms with E-state index in [0.717, 1.165) is 0 Å².